The molecule has 28 heavy (non-hydrogen) atoms. The summed E-state index contributed by atoms with van der Waals surface area (Å²) in [5.74, 6) is 1.70. The van der Waals surface area contributed by atoms with Gasteiger partial charge in [-0.05, 0) is 61.6 Å². The van der Waals surface area contributed by atoms with Gasteiger partial charge in [0.25, 0.3) is 0 Å². The second kappa shape index (κ2) is 9.06. The van der Waals surface area contributed by atoms with E-state index >= 15 is 0 Å². The number of likely N-dealkylation sites (tertiary alicyclic amines) is 2. The standard InChI is InChI=1S/C23H33N3O2/c27-22-7-6-21(17-26(22)16-18-4-2-1-3-5-18)23(28)25-14-10-20(11-15-25)19-8-12-24-13-9-19/h8-9,12-13,18,20-21H,1-7,10-11,14-17H2. The van der Waals surface area contributed by atoms with Crippen LogP contribution in [0.4, 0.5) is 0 Å². The average molecular weight is 384 g/mol. The van der Waals surface area contributed by atoms with Gasteiger partial charge in [0.05, 0.1) is 5.92 Å². The molecule has 0 bridgehead atoms. The lowest BCUT2D eigenvalue weighted by atomic mass is 9.87. The summed E-state index contributed by atoms with van der Waals surface area (Å²) in [6.45, 7) is 3.17. The zero-order chi connectivity index (χ0) is 19.3. The van der Waals surface area contributed by atoms with Crippen LogP contribution in [0.1, 0.15) is 69.3 Å². The zero-order valence-electron chi connectivity index (χ0n) is 16.9. The minimum atomic E-state index is -0.00114. The van der Waals surface area contributed by atoms with E-state index in [9.17, 15) is 9.59 Å². The molecule has 2 aliphatic heterocycles. The highest BCUT2D eigenvalue weighted by molar-refractivity contribution is 5.84. The van der Waals surface area contributed by atoms with Crippen LogP contribution in [0, 0.1) is 11.8 Å². The lowest BCUT2D eigenvalue weighted by Gasteiger charge is -2.39. The molecular weight excluding hydrogens is 350 g/mol. The minimum absolute atomic E-state index is 0.00114. The second-order valence-corrected chi connectivity index (χ2v) is 8.92. The van der Waals surface area contributed by atoms with Gasteiger partial charge in [0.2, 0.25) is 11.8 Å². The topological polar surface area (TPSA) is 53.5 Å². The van der Waals surface area contributed by atoms with Crippen LogP contribution < -0.4 is 0 Å². The molecule has 1 aromatic heterocycles. The molecular formula is C23H33N3O2. The number of amides is 2. The van der Waals surface area contributed by atoms with E-state index in [1.807, 2.05) is 17.3 Å². The molecule has 4 rings (SSSR count). The van der Waals surface area contributed by atoms with E-state index in [0.717, 1.165) is 38.9 Å². The summed E-state index contributed by atoms with van der Waals surface area (Å²) in [6.07, 6.45) is 13.4. The SMILES string of the molecule is O=C1CCC(C(=O)N2CCC(c3ccncc3)CC2)CN1CC1CCCCC1. The number of hydrogen-bond donors (Lipinski definition) is 0. The predicted molar refractivity (Wildman–Crippen MR) is 109 cm³/mol. The first-order chi connectivity index (χ1) is 13.7. The Labute approximate surface area is 168 Å². The van der Waals surface area contributed by atoms with Crippen LogP contribution in [0.3, 0.4) is 0 Å². The number of pyridine rings is 1. The molecule has 0 N–H and O–H groups in total. The lowest BCUT2D eigenvalue weighted by Crippen LogP contribution is -2.49. The first kappa shape index (κ1) is 19.4. The average Bonchev–Trinajstić information content (AvgIpc) is 2.76. The van der Waals surface area contributed by atoms with E-state index in [2.05, 4.69) is 22.0 Å². The van der Waals surface area contributed by atoms with Crippen LogP contribution in [0.2, 0.25) is 0 Å². The summed E-state index contributed by atoms with van der Waals surface area (Å²) in [6, 6.07) is 4.19. The van der Waals surface area contributed by atoms with Gasteiger partial charge >= 0.3 is 0 Å². The Bertz CT molecular complexity index is 664. The molecule has 1 saturated carbocycles. The Hall–Kier alpha value is -1.91. The van der Waals surface area contributed by atoms with Crippen LogP contribution in [-0.2, 0) is 9.59 Å². The summed E-state index contributed by atoms with van der Waals surface area (Å²) in [5.41, 5.74) is 1.34. The maximum atomic E-state index is 13.1. The number of nitrogens with zero attached hydrogens (tertiary/aromatic N) is 3. The first-order valence-electron chi connectivity index (χ1n) is 11.2. The van der Waals surface area contributed by atoms with Crippen molar-refractivity contribution in [3.8, 4) is 0 Å². The lowest BCUT2D eigenvalue weighted by molar-refractivity contribution is -0.144. The van der Waals surface area contributed by atoms with Crippen LogP contribution in [0.5, 0.6) is 0 Å². The highest BCUT2D eigenvalue weighted by atomic mass is 16.2. The minimum Gasteiger partial charge on any atom is -0.342 e. The third-order valence-corrected chi connectivity index (χ3v) is 7.04. The zero-order valence-corrected chi connectivity index (χ0v) is 16.9. The van der Waals surface area contributed by atoms with Gasteiger partial charge in [-0.15, -0.1) is 0 Å². The molecule has 0 radical (unpaired) electrons. The molecule has 1 atom stereocenters. The summed E-state index contributed by atoms with van der Waals surface area (Å²) in [4.78, 5) is 33.7. The Morgan fingerprint density at radius 1 is 1.00 bits per heavy atom. The van der Waals surface area contributed by atoms with Crippen LogP contribution in [-0.4, -0.2) is 52.8 Å². The fourth-order valence-electron chi connectivity index (χ4n) is 5.30. The van der Waals surface area contributed by atoms with Crippen molar-refractivity contribution >= 4 is 11.8 Å². The molecule has 1 aromatic rings. The highest BCUT2D eigenvalue weighted by Crippen LogP contribution is 2.30. The van der Waals surface area contributed by atoms with E-state index in [4.69, 9.17) is 0 Å². The maximum absolute atomic E-state index is 13.1. The molecule has 3 aliphatic rings. The molecule has 5 nitrogen and oxygen atoms in total. The van der Waals surface area contributed by atoms with Gasteiger partial charge in [-0.2, -0.15) is 0 Å². The number of carbonyl (C=O) groups excluding carboxylic acids is 2. The molecule has 0 spiro atoms. The number of piperidine rings is 2. The predicted octanol–water partition coefficient (Wildman–Crippen LogP) is 3.61. The molecule has 2 amide bonds. The van der Waals surface area contributed by atoms with E-state index in [0.29, 0.717) is 24.8 Å². The molecule has 0 aromatic carbocycles. The number of carbonyl (C=O) groups is 2. The quantitative estimate of drug-likeness (QED) is 0.798. The Kier molecular flexibility index (Phi) is 6.28. The van der Waals surface area contributed by atoms with Gasteiger partial charge in [-0.1, -0.05) is 19.3 Å². The van der Waals surface area contributed by atoms with Crippen LogP contribution in [0.15, 0.2) is 24.5 Å². The molecule has 152 valence electrons. The van der Waals surface area contributed by atoms with E-state index in [1.165, 1.54) is 37.7 Å². The number of rotatable bonds is 4. The molecule has 3 fully saturated rings. The van der Waals surface area contributed by atoms with E-state index < -0.39 is 0 Å². The van der Waals surface area contributed by atoms with E-state index in [1.54, 1.807) is 0 Å². The molecule has 1 unspecified atom stereocenters. The normalized spacial score (nSPS) is 25.1. The van der Waals surface area contributed by atoms with Crippen LogP contribution >= 0.6 is 0 Å². The van der Waals surface area contributed by atoms with Crippen LogP contribution in [0.25, 0.3) is 0 Å². The van der Waals surface area contributed by atoms with Crippen molar-refractivity contribution in [2.45, 2.75) is 63.7 Å². The Morgan fingerprint density at radius 3 is 2.43 bits per heavy atom. The summed E-state index contributed by atoms with van der Waals surface area (Å²) in [7, 11) is 0. The smallest absolute Gasteiger partial charge is 0.227 e. The van der Waals surface area contributed by atoms with Crippen molar-refractivity contribution in [2.24, 2.45) is 11.8 Å². The highest BCUT2D eigenvalue weighted by Gasteiger charge is 2.35. The fraction of sp³-hybridized carbons (Fsp3) is 0.696. The third kappa shape index (κ3) is 4.56. The Morgan fingerprint density at radius 2 is 1.71 bits per heavy atom. The van der Waals surface area contributed by atoms with Crippen molar-refractivity contribution < 1.29 is 9.59 Å². The Balaban J connectivity index is 1.30. The fourth-order valence-corrected chi connectivity index (χ4v) is 5.30. The number of hydrogen-bond acceptors (Lipinski definition) is 3. The second-order valence-electron chi connectivity index (χ2n) is 8.92. The van der Waals surface area contributed by atoms with Crippen molar-refractivity contribution in [3.05, 3.63) is 30.1 Å². The summed E-state index contributed by atoms with van der Waals surface area (Å²) in [5, 5.41) is 0. The van der Waals surface area contributed by atoms with Gasteiger partial charge in [0, 0.05) is 45.0 Å². The molecule has 5 heteroatoms. The largest absolute Gasteiger partial charge is 0.342 e. The third-order valence-electron chi connectivity index (χ3n) is 7.04. The molecule has 3 heterocycles. The van der Waals surface area contributed by atoms with Gasteiger partial charge in [0.1, 0.15) is 0 Å². The van der Waals surface area contributed by atoms with Crippen molar-refractivity contribution in [2.75, 3.05) is 26.2 Å². The number of aromatic nitrogens is 1. The van der Waals surface area contributed by atoms with Gasteiger partial charge < -0.3 is 9.80 Å². The molecule has 2 saturated heterocycles. The van der Waals surface area contributed by atoms with Gasteiger partial charge in [-0.25, -0.2) is 0 Å². The maximum Gasteiger partial charge on any atom is 0.227 e. The summed E-state index contributed by atoms with van der Waals surface area (Å²) >= 11 is 0. The van der Waals surface area contributed by atoms with Crippen molar-refractivity contribution in [1.29, 1.82) is 0 Å². The van der Waals surface area contributed by atoms with Gasteiger partial charge in [-0.3, -0.25) is 14.6 Å². The van der Waals surface area contributed by atoms with E-state index in [-0.39, 0.29) is 17.7 Å². The summed E-state index contributed by atoms with van der Waals surface area (Å²) < 4.78 is 0. The van der Waals surface area contributed by atoms with Crippen molar-refractivity contribution in [3.63, 3.8) is 0 Å². The van der Waals surface area contributed by atoms with Gasteiger partial charge in [0.15, 0.2) is 0 Å². The first-order valence-corrected chi connectivity index (χ1v) is 11.2. The van der Waals surface area contributed by atoms with Crippen molar-refractivity contribution in [1.82, 2.24) is 14.8 Å². The molecule has 1 aliphatic carbocycles. The monoisotopic (exact) mass is 383 g/mol.